The standard InChI is InChI=1S/C20H22N4O5S/c1-27-17-4-2-3-16(13-17)19-22-20(29-23-19)18-14-24(10-11-28-18)30(25,26)12-7-15-5-8-21-9-6-15/h2-6,8-9,13,18H,7,10-12,14H2,1H3/t18-/m0/s1. The summed E-state index contributed by atoms with van der Waals surface area (Å²) in [6.07, 6.45) is 3.12. The highest BCUT2D eigenvalue weighted by molar-refractivity contribution is 7.89. The van der Waals surface area contributed by atoms with Gasteiger partial charge < -0.3 is 14.0 Å². The van der Waals surface area contributed by atoms with Crippen molar-refractivity contribution in [2.75, 3.05) is 32.6 Å². The number of sulfonamides is 1. The first-order valence-corrected chi connectivity index (χ1v) is 11.1. The maximum atomic E-state index is 12.8. The Morgan fingerprint density at radius 3 is 2.87 bits per heavy atom. The van der Waals surface area contributed by atoms with E-state index in [-0.39, 0.29) is 24.8 Å². The van der Waals surface area contributed by atoms with Gasteiger partial charge in [0, 0.05) is 31.0 Å². The summed E-state index contributed by atoms with van der Waals surface area (Å²) in [5.41, 5.74) is 1.67. The van der Waals surface area contributed by atoms with Gasteiger partial charge in [-0.3, -0.25) is 4.98 Å². The van der Waals surface area contributed by atoms with Crippen LogP contribution in [0.5, 0.6) is 5.75 Å². The molecule has 1 fully saturated rings. The van der Waals surface area contributed by atoms with Crippen LogP contribution in [0.15, 0.2) is 53.3 Å². The van der Waals surface area contributed by atoms with Gasteiger partial charge in [-0.25, -0.2) is 8.42 Å². The Kier molecular flexibility index (Phi) is 6.07. The number of ether oxygens (including phenoxy) is 2. The molecule has 9 nitrogen and oxygen atoms in total. The van der Waals surface area contributed by atoms with Gasteiger partial charge in [0.15, 0.2) is 6.10 Å². The third kappa shape index (κ3) is 4.66. The molecule has 3 aromatic rings. The van der Waals surface area contributed by atoms with Gasteiger partial charge in [0.2, 0.25) is 15.8 Å². The number of aromatic nitrogens is 3. The van der Waals surface area contributed by atoms with Gasteiger partial charge in [0.1, 0.15) is 5.75 Å². The zero-order valence-corrected chi connectivity index (χ0v) is 17.3. The van der Waals surface area contributed by atoms with Gasteiger partial charge in [-0.1, -0.05) is 17.3 Å². The van der Waals surface area contributed by atoms with E-state index >= 15 is 0 Å². The molecule has 10 heteroatoms. The fourth-order valence-corrected chi connectivity index (χ4v) is 4.67. The number of hydrogen-bond donors (Lipinski definition) is 0. The number of rotatable bonds is 7. The van der Waals surface area contributed by atoms with Crippen LogP contribution in [0.25, 0.3) is 11.4 Å². The quantitative estimate of drug-likeness (QED) is 0.561. The lowest BCUT2D eigenvalue weighted by Crippen LogP contribution is -2.43. The molecular formula is C20H22N4O5S. The van der Waals surface area contributed by atoms with Crippen LogP contribution in [0.3, 0.4) is 0 Å². The summed E-state index contributed by atoms with van der Waals surface area (Å²) in [5.74, 6) is 1.34. The minimum absolute atomic E-state index is 0.0165. The van der Waals surface area contributed by atoms with E-state index in [1.807, 2.05) is 30.3 Å². The Balaban J connectivity index is 1.44. The van der Waals surface area contributed by atoms with Crippen LogP contribution in [-0.2, 0) is 21.2 Å². The van der Waals surface area contributed by atoms with Crippen molar-refractivity contribution in [1.29, 1.82) is 0 Å². The van der Waals surface area contributed by atoms with Crippen molar-refractivity contribution >= 4 is 10.0 Å². The van der Waals surface area contributed by atoms with Gasteiger partial charge in [0.05, 0.1) is 19.5 Å². The molecule has 4 rings (SSSR count). The molecule has 0 amide bonds. The average molecular weight is 430 g/mol. The molecule has 30 heavy (non-hydrogen) atoms. The molecule has 0 N–H and O–H groups in total. The molecule has 0 radical (unpaired) electrons. The van der Waals surface area contributed by atoms with E-state index in [1.165, 1.54) is 4.31 Å². The minimum Gasteiger partial charge on any atom is -0.497 e. The molecule has 158 valence electrons. The number of benzene rings is 1. The van der Waals surface area contributed by atoms with Crippen LogP contribution in [0, 0.1) is 0 Å². The summed E-state index contributed by atoms with van der Waals surface area (Å²) >= 11 is 0. The fraction of sp³-hybridized carbons (Fsp3) is 0.350. The third-order valence-corrected chi connectivity index (χ3v) is 6.70. The molecular weight excluding hydrogens is 408 g/mol. The molecule has 1 aliphatic heterocycles. The Morgan fingerprint density at radius 2 is 2.07 bits per heavy atom. The zero-order chi connectivity index (χ0) is 21.0. The molecule has 3 heterocycles. The van der Waals surface area contributed by atoms with Crippen LogP contribution in [0.1, 0.15) is 17.6 Å². The number of hydrogen-bond acceptors (Lipinski definition) is 8. The predicted octanol–water partition coefficient (Wildman–Crippen LogP) is 2.09. The van der Waals surface area contributed by atoms with Crippen molar-refractivity contribution in [3.05, 3.63) is 60.2 Å². The molecule has 2 aromatic heterocycles. The fourth-order valence-electron chi connectivity index (χ4n) is 3.20. The van der Waals surface area contributed by atoms with Gasteiger partial charge in [-0.2, -0.15) is 9.29 Å². The van der Waals surface area contributed by atoms with E-state index in [1.54, 1.807) is 25.6 Å². The van der Waals surface area contributed by atoms with Gasteiger partial charge >= 0.3 is 0 Å². The van der Waals surface area contributed by atoms with E-state index in [9.17, 15) is 8.42 Å². The molecule has 0 aliphatic carbocycles. The highest BCUT2D eigenvalue weighted by Crippen LogP contribution is 2.26. The van der Waals surface area contributed by atoms with Crippen LogP contribution in [0.2, 0.25) is 0 Å². The van der Waals surface area contributed by atoms with Crippen molar-refractivity contribution in [2.24, 2.45) is 0 Å². The smallest absolute Gasteiger partial charge is 0.257 e. The van der Waals surface area contributed by atoms with Crippen molar-refractivity contribution in [1.82, 2.24) is 19.4 Å². The number of pyridine rings is 1. The number of aryl methyl sites for hydroxylation is 1. The van der Waals surface area contributed by atoms with E-state index in [0.29, 0.717) is 24.5 Å². The molecule has 1 aliphatic rings. The lowest BCUT2D eigenvalue weighted by atomic mass is 10.2. The van der Waals surface area contributed by atoms with Crippen molar-refractivity contribution in [2.45, 2.75) is 12.5 Å². The molecule has 0 unspecified atom stereocenters. The first-order chi connectivity index (χ1) is 14.5. The van der Waals surface area contributed by atoms with Crippen LogP contribution in [-0.4, -0.2) is 60.4 Å². The van der Waals surface area contributed by atoms with E-state index < -0.39 is 16.1 Å². The van der Waals surface area contributed by atoms with Crippen molar-refractivity contribution in [3.8, 4) is 17.1 Å². The first-order valence-electron chi connectivity index (χ1n) is 9.51. The van der Waals surface area contributed by atoms with Gasteiger partial charge in [-0.15, -0.1) is 0 Å². The third-order valence-electron chi connectivity index (χ3n) is 4.87. The second-order valence-corrected chi connectivity index (χ2v) is 8.92. The van der Waals surface area contributed by atoms with Gasteiger partial charge in [0.25, 0.3) is 5.89 Å². The predicted molar refractivity (Wildman–Crippen MR) is 108 cm³/mol. The largest absolute Gasteiger partial charge is 0.497 e. The number of morpholine rings is 1. The topological polar surface area (TPSA) is 108 Å². The number of methoxy groups -OCH3 is 1. The Hall–Kier alpha value is -2.82. The SMILES string of the molecule is COc1cccc(-c2noc([C@@H]3CN(S(=O)(=O)CCc4ccncc4)CCO3)n2)c1. The lowest BCUT2D eigenvalue weighted by Gasteiger charge is -2.30. The first kappa shape index (κ1) is 20.5. The summed E-state index contributed by atoms with van der Waals surface area (Å²) in [4.78, 5) is 8.35. The summed E-state index contributed by atoms with van der Waals surface area (Å²) in [7, 11) is -1.87. The summed E-state index contributed by atoms with van der Waals surface area (Å²) < 4.78 is 43.3. The molecule has 1 saturated heterocycles. The minimum atomic E-state index is -3.45. The number of nitrogens with zero attached hydrogens (tertiary/aromatic N) is 4. The maximum absolute atomic E-state index is 12.8. The summed E-state index contributed by atoms with van der Waals surface area (Å²) in [5, 5.41) is 4.00. The normalized spacial score (nSPS) is 17.7. The Bertz CT molecular complexity index is 1090. The molecule has 1 aromatic carbocycles. The maximum Gasteiger partial charge on any atom is 0.257 e. The lowest BCUT2D eigenvalue weighted by molar-refractivity contribution is -0.0199. The highest BCUT2D eigenvalue weighted by Gasteiger charge is 2.33. The van der Waals surface area contributed by atoms with Gasteiger partial charge in [-0.05, 0) is 36.2 Å². The zero-order valence-electron chi connectivity index (χ0n) is 16.5. The van der Waals surface area contributed by atoms with E-state index in [4.69, 9.17) is 14.0 Å². The second kappa shape index (κ2) is 8.90. The van der Waals surface area contributed by atoms with E-state index in [2.05, 4.69) is 15.1 Å². The summed E-state index contributed by atoms with van der Waals surface area (Å²) in [6, 6.07) is 10.9. The molecule has 1 atom stereocenters. The van der Waals surface area contributed by atoms with E-state index in [0.717, 1.165) is 11.1 Å². The van der Waals surface area contributed by atoms with Crippen molar-refractivity contribution in [3.63, 3.8) is 0 Å². The summed E-state index contributed by atoms with van der Waals surface area (Å²) in [6.45, 7) is 0.695. The van der Waals surface area contributed by atoms with Crippen molar-refractivity contribution < 1.29 is 22.4 Å². The highest BCUT2D eigenvalue weighted by atomic mass is 32.2. The second-order valence-electron chi connectivity index (χ2n) is 6.83. The molecule has 0 spiro atoms. The van der Waals surface area contributed by atoms with Crippen LogP contribution >= 0.6 is 0 Å². The van der Waals surface area contributed by atoms with Crippen LogP contribution < -0.4 is 4.74 Å². The average Bonchev–Trinajstić information content (AvgIpc) is 3.29. The monoisotopic (exact) mass is 430 g/mol. The Labute approximate surface area is 174 Å². The molecule has 0 saturated carbocycles. The Morgan fingerprint density at radius 1 is 1.23 bits per heavy atom. The molecule has 0 bridgehead atoms. The van der Waals surface area contributed by atoms with Crippen LogP contribution in [0.4, 0.5) is 0 Å².